The Balaban J connectivity index is 1.30. The van der Waals surface area contributed by atoms with Gasteiger partial charge in [-0.15, -0.1) is 0 Å². The molecule has 0 unspecified atom stereocenters. The Bertz CT molecular complexity index is 1140. The van der Waals surface area contributed by atoms with Gasteiger partial charge in [-0.3, -0.25) is 9.69 Å². The van der Waals surface area contributed by atoms with Gasteiger partial charge in [0.15, 0.2) is 0 Å². The van der Waals surface area contributed by atoms with Gasteiger partial charge in [0.25, 0.3) is 5.91 Å². The fourth-order valence-electron chi connectivity index (χ4n) is 7.77. The van der Waals surface area contributed by atoms with Crippen LogP contribution in [0.25, 0.3) is 11.8 Å². The Kier molecular flexibility index (Phi) is 4.62. The number of hydrogen-bond acceptors (Lipinski definition) is 2. The van der Waals surface area contributed by atoms with Crippen molar-refractivity contribution in [1.82, 2.24) is 14.8 Å². The van der Waals surface area contributed by atoms with Gasteiger partial charge >= 0.3 is 6.03 Å². The molecule has 0 spiro atoms. The second-order valence-electron chi connectivity index (χ2n) is 10.9. The monoisotopic (exact) mass is 443 g/mol. The number of nitrogens with zero attached hydrogens (tertiary/aromatic N) is 2. The average molecular weight is 444 g/mol. The standard InChI is InChI=1S/C28H33N3O2/c1-4-30-26(32)25(29-27(30)33)13-22-9-17(2)31(18(22)3)24-7-5-23(6-8-24)28-14-19-10-20(15-28)12-21(11-19)16-28/h5-9,13,19-21H,4,10-12,14-16H2,1-3H3,(H,29,33)/b25-13+. The molecule has 3 amide bonds. The molecule has 4 saturated carbocycles. The largest absolute Gasteiger partial charge is 0.328 e. The van der Waals surface area contributed by atoms with Crippen LogP contribution in [0, 0.1) is 31.6 Å². The van der Waals surface area contributed by atoms with Crippen LogP contribution < -0.4 is 5.32 Å². The summed E-state index contributed by atoms with van der Waals surface area (Å²) in [5.41, 5.74) is 6.59. The van der Waals surface area contributed by atoms with Crippen molar-refractivity contribution in [2.45, 2.75) is 64.7 Å². The average Bonchev–Trinajstić information content (AvgIpc) is 3.20. The van der Waals surface area contributed by atoms with E-state index in [1.165, 1.54) is 49.0 Å². The zero-order valence-electron chi connectivity index (χ0n) is 19.9. The van der Waals surface area contributed by atoms with Crippen molar-refractivity contribution >= 4 is 18.0 Å². The van der Waals surface area contributed by atoms with Gasteiger partial charge in [-0.1, -0.05) is 12.1 Å². The molecule has 2 aromatic rings. The molecular formula is C28H33N3O2. The molecule has 1 aliphatic heterocycles. The Morgan fingerprint density at radius 1 is 1.00 bits per heavy atom. The number of amides is 3. The maximum Gasteiger partial charge on any atom is 0.328 e. The summed E-state index contributed by atoms with van der Waals surface area (Å²) < 4.78 is 2.24. The molecule has 5 heteroatoms. The molecule has 5 aliphatic rings. The summed E-state index contributed by atoms with van der Waals surface area (Å²) in [4.78, 5) is 25.7. The number of carbonyl (C=O) groups excluding carboxylic acids is 2. The maximum atomic E-state index is 12.5. The van der Waals surface area contributed by atoms with Gasteiger partial charge in [-0.2, -0.15) is 0 Å². The van der Waals surface area contributed by atoms with Crippen LogP contribution in [0.5, 0.6) is 0 Å². The summed E-state index contributed by atoms with van der Waals surface area (Å²) in [6.07, 6.45) is 10.4. The topological polar surface area (TPSA) is 54.3 Å². The summed E-state index contributed by atoms with van der Waals surface area (Å²) >= 11 is 0. The summed E-state index contributed by atoms with van der Waals surface area (Å²) in [7, 11) is 0. The summed E-state index contributed by atoms with van der Waals surface area (Å²) in [5, 5.41) is 2.71. The highest BCUT2D eigenvalue weighted by atomic mass is 16.2. The third kappa shape index (κ3) is 3.19. The maximum absolute atomic E-state index is 12.5. The molecule has 1 saturated heterocycles. The van der Waals surface area contributed by atoms with Gasteiger partial charge in [-0.05, 0) is 118 Å². The van der Waals surface area contributed by atoms with Crippen molar-refractivity contribution in [3.05, 3.63) is 58.5 Å². The lowest BCUT2D eigenvalue weighted by molar-refractivity contribution is -0.122. The Morgan fingerprint density at radius 3 is 2.15 bits per heavy atom. The molecule has 4 bridgehead atoms. The number of likely N-dealkylation sites (N-methyl/N-ethyl adjacent to an activating group) is 1. The molecule has 33 heavy (non-hydrogen) atoms. The number of imide groups is 1. The molecule has 1 aromatic carbocycles. The van der Waals surface area contributed by atoms with Crippen molar-refractivity contribution in [1.29, 1.82) is 0 Å². The van der Waals surface area contributed by atoms with Crippen LogP contribution in [-0.4, -0.2) is 28.0 Å². The predicted molar refractivity (Wildman–Crippen MR) is 129 cm³/mol. The van der Waals surface area contributed by atoms with E-state index in [4.69, 9.17) is 0 Å². The highest BCUT2D eigenvalue weighted by molar-refractivity contribution is 6.14. The van der Waals surface area contributed by atoms with E-state index < -0.39 is 0 Å². The van der Waals surface area contributed by atoms with E-state index in [0.717, 1.165) is 40.4 Å². The first-order valence-corrected chi connectivity index (χ1v) is 12.5. The number of benzene rings is 1. The predicted octanol–water partition coefficient (Wildman–Crippen LogP) is 5.47. The van der Waals surface area contributed by atoms with Crippen molar-refractivity contribution in [2.24, 2.45) is 17.8 Å². The highest BCUT2D eigenvalue weighted by Gasteiger charge is 2.51. The van der Waals surface area contributed by atoms with Gasteiger partial charge in [-0.25, -0.2) is 4.79 Å². The van der Waals surface area contributed by atoms with Crippen LogP contribution in [0.15, 0.2) is 36.0 Å². The number of rotatable bonds is 4. The minimum atomic E-state index is -0.345. The minimum absolute atomic E-state index is 0.257. The van der Waals surface area contributed by atoms with Gasteiger partial charge < -0.3 is 9.88 Å². The Hall–Kier alpha value is -2.82. The minimum Gasteiger partial charge on any atom is -0.318 e. The van der Waals surface area contributed by atoms with E-state index >= 15 is 0 Å². The zero-order chi connectivity index (χ0) is 22.9. The molecule has 5 nitrogen and oxygen atoms in total. The first-order valence-electron chi connectivity index (χ1n) is 12.5. The second-order valence-corrected chi connectivity index (χ2v) is 10.9. The molecule has 1 N–H and O–H groups in total. The van der Waals surface area contributed by atoms with Crippen LogP contribution in [0.1, 0.15) is 68.0 Å². The number of nitrogens with one attached hydrogen (secondary N) is 1. The van der Waals surface area contributed by atoms with Gasteiger partial charge in [0.05, 0.1) is 0 Å². The number of hydrogen-bond donors (Lipinski definition) is 1. The van der Waals surface area contributed by atoms with Crippen LogP contribution in [-0.2, 0) is 10.2 Å². The smallest absolute Gasteiger partial charge is 0.318 e. The summed E-state index contributed by atoms with van der Waals surface area (Å²) in [6.45, 7) is 6.34. The first-order chi connectivity index (χ1) is 15.9. The molecule has 4 aliphatic carbocycles. The van der Waals surface area contributed by atoms with E-state index in [1.807, 2.05) is 0 Å². The van der Waals surface area contributed by atoms with E-state index in [1.54, 1.807) is 13.0 Å². The highest BCUT2D eigenvalue weighted by Crippen LogP contribution is 2.60. The first kappa shape index (κ1) is 20.8. The Morgan fingerprint density at radius 2 is 1.61 bits per heavy atom. The Labute approximate surface area is 195 Å². The fraction of sp³-hybridized carbons (Fsp3) is 0.500. The van der Waals surface area contributed by atoms with Gasteiger partial charge in [0.2, 0.25) is 0 Å². The van der Waals surface area contributed by atoms with E-state index in [0.29, 0.717) is 17.7 Å². The lowest BCUT2D eigenvalue weighted by Gasteiger charge is -2.57. The number of urea groups is 1. The molecule has 1 aromatic heterocycles. The summed E-state index contributed by atoms with van der Waals surface area (Å²) in [6, 6.07) is 11.0. The van der Waals surface area contributed by atoms with Crippen molar-refractivity contribution in [2.75, 3.05) is 6.54 Å². The van der Waals surface area contributed by atoms with E-state index in [9.17, 15) is 9.59 Å². The van der Waals surface area contributed by atoms with Gasteiger partial charge in [0.1, 0.15) is 5.70 Å². The molecule has 172 valence electrons. The van der Waals surface area contributed by atoms with Crippen molar-refractivity contribution in [3.63, 3.8) is 0 Å². The fourth-order valence-corrected chi connectivity index (χ4v) is 7.77. The SMILES string of the molecule is CCN1C(=O)N/C(=C/c2cc(C)n(-c3ccc(C45CC6CC(CC(C6)C4)C5)cc3)c2C)C1=O. The van der Waals surface area contributed by atoms with Crippen LogP contribution in [0.3, 0.4) is 0 Å². The third-order valence-electron chi connectivity index (χ3n) is 8.82. The number of aromatic nitrogens is 1. The van der Waals surface area contributed by atoms with Crippen molar-refractivity contribution in [3.8, 4) is 5.69 Å². The molecule has 2 heterocycles. The lowest BCUT2D eigenvalue weighted by Crippen LogP contribution is -2.48. The third-order valence-corrected chi connectivity index (χ3v) is 8.82. The number of aryl methyl sites for hydroxylation is 1. The quantitative estimate of drug-likeness (QED) is 0.503. The zero-order valence-corrected chi connectivity index (χ0v) is 19.9. The van der Waals surface area contributed by atoms with Gasteiger partial charge in [0, 0.05) is 23.6 Å². The lowest BCUT2D eigenvalue weighted by atomic mass is 9.48. The molecular weight excluding hydrogens is 410 g/mol. The molecule has 7 rings (SSSR count). The normalized spacial score (nSPS) is 31.7. The molecule has 0 radical (unpaired) electrons. The molecule has 5 fully saturated rings. The van der Waals surface area contributed by atoms with Crippen LogP contribution in [0.4, 0.5) is 4.79 Å². The summed E-state index contributed by atoms with van der Waals surface area (Å²) in [5.74, 6) is 2.58. The van der Waals surface area contributed by atoms with Crippen LogP contribution in [0.2, 0.25) is 0 Å². The number of carbonyl (C=O) groups is 2. The van der Waals surface area contributed by atoms with E-state index in [-0.39, 0.29) is 11.9 Å². The van der Waals surface area contributed by atoms with Crippen molar-refractivity contribution < 1.29 is 9.59 Å². The second kappa shape index (κ2) is 7.34. The van der Waals surface area contributed by atoms with Crippen LogP contribution >= 0.6 is 0 Å². The molecule has 0 atom stereocenters. The van der Waals surface area contributed by atoms with E-state index in [2.05, 4.69) is 54.1 Å².